The highest BCUT2D eigenvalue weighted by atomic mass is 16.5. The fourth-order valence-corrected chi connectivity index (χ4v) is 2.12. The number of rotatable bonds is 6. The quantitative estimate of drug-likeness (QED) is 0.753. The van der Waals surface area contributed by atoms with Crippen LogP contribution in [0.1, 0.15) is 17.1 Å². The fourth-order valence-electron chi connectivity index (χ4n) is 2.12. The van der Waals surface area contributed by atoms with E-state index in [0.29, 0.717) is 30.5 Å². The molecular formula is C17H17N3O3. The monoisotopic (exact) mass is 311 g/mol. The van der Waals surface area contributed by atoms with Crippen molar-refractivity contribution >= 4 is 0 Å². The number of ether oxygens (including phenoxy) is 1. The van der Waals surface area contributed by atoms with E-state index >= 15 is 0 Å². The lowest BCUT2D eigenvalue weighted by molar-refractivity contribution is 0.273. The molecule has 3 aromatic rings. The molecule has 118 valence electrons. The van der Waals surface area contributed by atoms with Crippen LogP contribution in [0.15, 0.2) is 47.1 Å². The van der Waals surface area contributed by atoms with E-state index in [4.69, 9.17) is 14.3 Å². The number of hydrogen-bond acceptors (Lipinski definition) is 6. The molecule has 0 spiro atoms. The summed E-state index contributed by atoms with van der Waals surface area (Å²) in [7, 11) is 0. The van der Waals surface area contributed by atoms with Gasteiger partial charge in [0, 0.05) is 12.0 Å². The lowest BCUT2D eigenvalue weighted by Crippen LogP contribution is -2.04. The van der Waals surface area contributed by atoms with E-state index in [1.165, 1.54) is 12.4 Å². The first-order valence-corrected chi connectivity index (χ1v) is 7.32. The van der Waals surface area contributed by atoms with E-state index < -0.39 is 0 Å². The summed E-state index contributed by atoms with van der Waals surface area (Å²) in [5.74, 6) is 1.82. The number of oxazole rings is 1. The van der Waals surface area contributed by atoms with Gasteiger partial charge in [-0.2, -0.15) is 0 Å². The number of aliphatic hydroxyl groups is 1. The van der Waals surface area contributed by atoms with E-state index in [9.17, 15) is 0 Å². The van der Waals surface area contributed by atoms with Crippen molar-refractivity contribution in [2.75, 3.05) is 6.61 Å². The van der Waals surface area contributed by atoms with Crippen LogP contribution in [0.5, 0.6) is 5.88 Å². The molecular weight excluding hydrogens is 294 g/mol. The molecule has 0 saturated heterocycles. The highest BCUT2D eigenvalue weighted by molar-refractivity contribution is 5.53. The summed E-state index contributed by atoms with van der Waals surface area (Å²) >= 11 is 0. The van der Waals surface area contributed by atoms with Gasteiger partial charge in [-0.25, -0.2) is 9.97 Å². The van der Waals surface area contributed by atoms with Gasteiger partial charge >= 0.3 is 0 Å². The van der Waals surface area contributed by atoms with Gasteiger partial charge in [0.1, 0.15) is 5.76 Å². The molecule has 3 rings (SSSR count). The summed E-state index contributed by atoms with van der Waals surface area (Å²) < 4.78 is 11.3. The van der Waals surface area contributed by atoms with Crippen LogP contribution in [0.25, 0.3) is 11.5 Å². The lowest BCUT2D eigenvalue weighted by Gasteiger charge is -2.03. The SMILES string of the molecule is Cc1oc(-c2ccccc2)nc1CCOc1cnc(CO)cn1. The summed E-state index contributed by atoms with van der Waals surface area (Å²) in [6, 6.07) is 9.78. The predicted molar refractivity (Wildman–Crippen MR) is 83.8 cm³/mol. The maximum absolute atomic E-state index is 8.92. The van der Waals surface area contributed by atoms with Crippen LogP contribution in [0.3, 0.4) is 0 Å². The number of nitrogens with zero attached hydrogens (tertiary/aromatic N) is 3. The van der Waals surface area contributed by atoms with Gasteiger partial charge in [-0.05, 0) is 19.1 Å². The second kappa shape index (κ2) is 7.02. The lowest BCUT2D eigenvalue weighted by atomic mass is 10.2. The number of aliphatic hydroxyl groups excluding tert-OH is 1. The van der Waals surface area contributed by atoms with Crippen molar-refractivity contribution in [2.24, 2.45) is 0 Å². The van der Waals surface area contributed by atoms with Gasteiger partial charge in [-0.15, -0.1) is 0 Å². The molecule has 0 bridgehead atoms. The molecule has 2 aromatic heterocycles. The highest BCUT2D eigenvalue weighted by Gasteiger charge is 2.11. The molecule has 0 radical (unpaired) electrons. The Morgan fingerprint density at radius 1 is 1.13 bits per heavy atom. The molecule has 2 heterocycles. The fraction of sp³-hybridized carbons (Fsp3) is 0.235. The molecule has 6 nitrogen and oxygen atoms in total. The van der Waals surface area contributed by atoms with E-state index in [1.54, 1.807) is 0 Å². The summed E-state index contributed by atoms with van der Waals surface area (Å²) in [5, 5.41) is 8.92. The molecule has 0 saturated carbocycles. The molecule has 0 atom stereocenters. The normalized spacial score (nSPS) is 10.7. The van der Waals surface area contributed by atoms with Crippen LogP contribution in [-0.4, -0.2) is 26.7 Å². The maximum Gasteiger partial charge on any atom is 0.232 e. The van der Waals surface area contributed by atoms with Gasteiger partial charge in [0.15, 0.2) is 0 Å². The molecule has 0 aliphatic carbocycles. The first-order chi connectivity index (χ1) is 11.3. The van der Waals surface area contributed by atoms with Gasteiger partial charge in [0.05, 0.1) is 37.0 Å². The van der Waals surface area contributed by atoms with Gasteiger partial charge in [0.2, 0.25) is 11.8 Å². The van der Waals surface area contributed by atoms with Crippen molar-refractivity contribution in [1.82, 2.24) is 15.0 Å². The highest BCUT2D eigenvalue weighted by Crippen LogP contribution is 2.21. The average molecular weight is 311 g/mol. The van der Waals surface area contributed by atoms with Gasteiger partial charge in [-0.1, -0.05) is 18.2 Å². The zero-order chi connectivity index (χ0) is 16.1. The summed E-state index contributed by atoms with van der Waals surface area (Å²) in [6.45, 7) is 2.19. The van der Waals surface area contributed by atoms with E-state index in [0.717, 1.165) is 17.0 Å². The van der Waals surface area contributed by atoms with Gasteiger partial charge < -0.3 is 14.3 Å². The average Bonchev–Trinajstić information content (AvgIpc) is 2.97. The Hall–Kier alpha value is -2.73. The Bertz CT molecular complexity index is 755. The molecule has 0 amide bonds. The minimum Gasteiger partial charge on any atom is -0.476 e. The zero-order valence-corrected chi connectivity index (χ0v) is 12.8. The van der Waals surface area contributed by atoms with E-state index in [1.807, 2.05) is 37.3 Å². The molecule has 23 heavy (non-hydrogen) atoms. The molecule has 0 aliphatic heterocycles. The van der Waals surface area contributed by atoms with Crippen LogP contribution in [-0.2, 0) is 13.0 Å². The summed E-state index contributed by atoms with van der Waals surface area (Å²) in [6.07, 6.45) is 3.60. The summed E-state index contributed by atoms with van der Waals surface area (Å²) in [5.41, 5.74) is 2.33. The third kappa shape index (κ3) is 3.73. The Balaban J connectivity index is 1.61. The van der Waals surface area contributed by atoms with Crippen LogP contribution in [0.4, 0.5) is 0 Å². The zero-order valence-electron chi connectivity index (χ0n) is 12.8. The molecule has 6 heteroatoms. The van der Waals surface area contributed by atoms with Crippen molar-refractivity contribution in [1.29, 1.82) is 0 Å². The Morgan fingerprint density at radius 2 is 1.96 bits per heavy atom. The van der Waals surface area contributed by atoms with Crippen LogP contribution in [0, 0.1) is 6.92 Å². The molecule has 0 fully saturated rings. The molecule has 0 unspecified atom stereocenters. The third-order valence-corrected chi connectivity index (χ3v) is 3.35. The van der Waals surface area contributed by atoms with Crippen LogP contribution in [0.2, 0.25) is 0 Å². The Kier molecular flexibility index (Phi) is 4.63. The van der Waals surface area contributed by atoms with E-state index in [2.05, 4.69) is 15.0 Å². The molecule has 1 N–H and O–H groups in total. The van der Waals surface area contributed by atoms with Crippen molar-refractivity contribution in [3.05, 3.63) is 59.9 Å². The second-order valence-electron chi connectivity index (χ2n) is 4.99. The Labute approximate surface area is 133 Å². The van der Waals surface area contributed by atoms with Gasteiger partial charge in [0.25, 0.3) is 0 Å². The third-order valence-electron chi connectivity index (χ3n) is 3.35. The number of aryl methyl sites for hydroxylation is 1. The van der Waals surface area contributed by atoms with E-state index in [-0.39, 0.29) is 6.61 Å². The molecule has 1 aromatic carbocycles. The van der Waals surface area contributed by atoms with Crippen molar-refractivity contribution in [2.45, 2.75) is 20.0 Å². The largest absolute Gasteiger partial charge is 0.476 e. The summed E-state index contributed by atoms with van der Waals surface area (Å²) in [4.78, 5) is 12.6. The first kappa shape index (κ1) is 15.2. The van der Waals surface area contributed by atoms with Gasteiger partial charge in [-0.3, -0.25) is 4.98 Å². The van der Waals surface area contributed by atoms with Crippen LogP contribution >= 0.6 is 0 Å². The minimum atomic E-state index is -0.131. The smallest absolute Gasteiger partial charge is 0.232 e. The number of hydrogen-bond donors (Lipinski definition) is 1. The number of benzene rings is 1. The van der Waals surface area contributed by atoms with Crippen molar-refractivity contribution < 1.29 is 14.3 Å². The minimum absolute atomic E-state index is 0.131. The van der Waals surface area contributed by atoms with Crippen molar-refractivity contribution in [3.8, 4) is 17.3 Å². The molecule has 0 aliphatic rings. The first-order valence-electron chi connectivity index (χ1n) is 7.32. The maximum atomic E-state index is 8.92. The Morgan fingerprint density at radius 3 is 2.65 bits per heavy atom. The standard InChI is InChI=1S/C17H17N3O3/c1-12-15(20-17(23-12)13-5-3-2-4-6-13)7-8-22-16-10-18-14(11-21)9-19-16/h2-6,9-10,21H,7-8,11H2,1H3. The number of aromatic nitrogens is 3. The predicted octanol–water partition coefficient (Wildman–Crippen LogP) is 2.55. The van der Waals surface area contributed by atoms with Crippen molar-refractivity contribution in [3.63, 3.8) is 0 Å². The second-order valence-corrected chi connectivity index (χ2v) is 4.99. The van der Waals surface area contributed by atoms with Crippen LogP contribution < -0.4 is 4.74 Å². The topological polar surface area (TPSA) is 81.3 Å².